The third kappa shape index (κ3) is 2.80. The number of anilines is 1. The summed E-state index contributed by atoms with van der Waals surface area (Å²) in [6.45, 7) is 6.01. The second-order valence-corrected chi connectivity index (χ2v) is 5.15. The average Bonchev–Trinajstić information content (AvgIpc) is 2.63. The van der Waals surface area contributed by atoms with E-state index < -0.39 is 0 Å². The van der Waals surface area contributed by atoms with Crippen LogP contribution in [0.2, 0.25) is 0 Å². The molecule has 3 nitrogen and oxygen atoms in total. The molecule has 1 aromatic rings. The topological polar surface area (TPSA) is 38.3 Å². The summed E-state index contributed by atoms with van der Waals surface area (Å²) in [6, 6.07) is 7.31. The van der Waals surface area contributed by atoms with E-state index in [0.717, 1.165) is 11.3 Å². The molecule has 1 aliphatic rings. The van der Waals surface area contributed by atoms with Gasteiger partial charge in [-0.05, 0) is 38.0 Å². The Kier molecular flexibility index (Phi) is 3.92. The monoisotopic (exact) mass is 257 g/mol. The van der Waals surface area contributed by atoms with Crippen LogP contribution in [0.3, 0.4) is 0 Å². The fourth-order valence-corrected chi connectivity index (χ4v) is 2.63. The fraction of sp³-hybridized carbons (Fsp3) is 0.438. The SMILES string of the molecule is C#Cc1cccc(NC(=O)C2C(C)OC(C)C2C)c1. The zero-order chi connectivity index (χ0) is 14.0. The first-order valence-corrected chi connectivity index (χ1v) is 6.56. The zero-order valence-electron chi connectivity index (χ0n) is 11.5. The smallest absolute Gasteiger partial charge is 0.230 e. The Hall–Kier alpha value is -1.79. The minimum atomic E-state index is -0.121. The Morgan fingerprint density at radius 2 is 2.05 bits per heavy atom. The second kappa shape index (κ2) is 5.46. The largest absolute Gasteiger partial charge is 0.374 e. The van der Waals surface area contributed by atoms with Crippen LogP contribution < -0.4 is 5.32 Å². The van der Waals surface area contributed by atoms with E-state index in [1.165, 1.54) is 0 Å². The van der Waals surface area contributed by atoms with E-state index in [9.17, 15) is 4.79 Å². The van der Waals surface area contributed by atoms with Crippen molar-refractivity contribution in [2.24, 2.45) is 11.8 Å². The molecule has 1 aliphatic heterocycles. The van der Waals surface area contributed by atoms with Crippen molar-refractivity contribution in [3.8, 4) is 12.3 Å². The molecule has 0 aliphatic carbocycles. The number of ether oxygens (including phenoxy) is 1. The van der Waals surface area contributed by atoms with Gasteiger partial charge in [0.1, 0.15) is 0 Å². The van der Waals surface area contributed by atoms with Crippen LogP contribution in [0.5, 0.6) is 0 Å². The predicted octanol–water partition coefficient (Wildman–Crippen LogP) is 2.67. The lowest BCUT2D eigenvalue weighted by Crippen LogP contribution is -2.31. The van der Waals surface area contributed by atoms with Gasteiger partial charge in [-0.2, -0.15) is 0 Å². The molecule has 1 N–H and O–H groups in total. The normalized spacial score (nSPS) is 29.8. The molecule has 4 unspecified atom stereocenters. The summed E-state index contributed by atoms with van der Waals surface area (Å²) in [6.07, 6.45) is 5.41. The molecule has 2 rings (SSSR count). The van der Waals surface area contributed by atoms with E-state index in [1.807, 2.05) is 32.0 Å². The standard InChI is InChI=1S/C16H19NO2/c1-5-13-7-6-8-14(9-13)17-16(18)15-10(2)11(3)19-12(15)4/h1,6-12,15H,2-4H3,(H,17,18). The van der Waals surface area contributed by atoms with Gasteiger partial charge in [-0.3, -0.25) is 4.79 Å². The van der Waals surface area contributed by atoms with Gasteiger partial charge in [0, 0.05) is 11.3 Å². The lowest BCUT2D eigenvalue weighted by atomic mass is 9.89. The lowest BCUT2D eigenvalue weighted by molar-refractivity contribution is -0.121. The lowest BCUT2D eigenvalue weighted by Gasteiger charge is -2.18. The highest BCUT2D eigenvalue weighted by molar-refractivity contribution is 5.93. The highest BCUT2D eigenvalue weighted by Crippen LogP contribution is 2.33. The number of benzene rings is 1. The highest BCUT2D eigenvalue weighted by atomic mass is 16.5. The van der Waals surface area contributed by atoms with Crippen molar-refractivity contribution in [3.63, 3.8) is 0 Å². The molecule has 4 atom stereocenters. The summed E-state index contributed by atoms with van der Waals surface area (Å²) in [7, 11) is 0. The third-order valence-electron chi connectivity index (χ3n) is 3.84. The summed E-state index contributed by atoms with van der Waals surface area (Å²) < 4.78 is 5.70. The van der Waals surface area contributed by atoms with Crippen LogP contribution in [0.1, 0.15) is 26.3 Å². The van der Waals surface area contributed by atoms with Crippen molar-refractivity contribution < 1.29 is 9.53 Å². The van der Waals surface area contributed by atoms with Crippen LogP contribution in [-0.4, -0.2) is 18.1 Å². The number of rotatable bonds is 2. The Labute approximate surface area is 114 Å². The molecule has 0 radical (unpaired) electrons. The number of terminal acetylenes is 1. The average molecular weight is 257 g/mol. The minimum absolute atomic E-state index is 0.00137. The maximum atomic E-state index is 12.3. The maximum Gasteiger partial charge on any atom is 0.230 e. The molecule has 19 heavy (non-hydrogen) atoms. The van der Waals surface area contributed by atoms with Crippen molar-refractivity contribution in [1.29, 1.82) is 0 Å². The number of hydrogen-bond acceptors (Lipinski definition) is 2. The first-order valence-electron chi connectivity index (χ1n) is 6.56. The quantitative estimate of drug-likeness (QED) is 0.827. The minimum Gasteiger partial charge on any atom is -0.374 e. The van der Waals surface area contributed by atoms with Gasteiger partial charge in [-0.15, -0.1) is 6.42 Å². The Bertz CT molecular complexity index is 518. The number of amides is 1. The third-order valence-corrected chi connectivity index (χ3v) is 3.84. The predicted molar refractivity (Wildman–Crippen MR) is 75.7 cm³/mol. The van der Waals surface area contributed by atoms with Crippen LogP contribution in [0.4, 0.5) is 5.69 Å². The van der Waals surface area contributed by atoms with E-state index in [1.54, 1.807) is 6.07 Å². The second-order valence-electron chi connectivity index (χ2n) is 5.15. The van der Waals surface area contributed by atoms with Crippen molar-refractivity contribution in [2.45, 2.75) is 33.0 Å². The van der Waals surface area contributed by atoms with Crippen molar-refractivity contribution >= 4 is 11.6 Å². The fourth-order valence-electron chi connectivity index (χ4n) is 2.63. The Morgan fingerprint density at radius 3 is 2.63 bits per heavy atom. The molecule has 1 aromatic carbocycles. The molecule has 0 aromatic heterocycles. The van der Waals surface area contributed by atoms with Gasteiger partial charge in [0.25, 0.3) is 0 Å². The van der Waals surface area contributed by atoms with E-state index in [2.05, 4.69) is 18.2 Å². The van der Waals surface area contributed by atoms with Gasteiger partial charge in [0.15, 0.2) is 0 Å². The van der Waals surface area contributed by atoms with Gasteiger partial charge in [0.05, 0.1) is 18.1 Å². The zero-order valence-corrected chi connectivity index (χ0v) is 11.5. The summed E-state index contributed by atoms with van der Waals surface area (Å²) in [4.78, 5) is 12.3. The van der Waals surface area contributed by atoms with Gasteiger partial charge in [-0.25, -0.2) is 0 Å². The molecule has 0 bridgehead atoms. The summed E-state index contributed by atoms with van der Waals surface area (Å²) >= 11 is 0. The van der Waals surface area contributed by atoms with Gasteiger partial charge >= 0.3 is 0 Å². The highest BCUT2D eigenvalue weighted by Gasteiger charge is 2.41. The van der Waals surface area contributed by atoms with Crippen molar-refractivity contribution in [3.05, 3.63) is 29.8 Å². The first-order chi connectivity index (χ1) is 9.02. The summed E-state index contributed by atoms with van der Waals surface area (Å²) in [5, 5.41) is 2.93. The van der Waals surface area contributed by atoms with Gasteiger partial charge in [0.2, 0.25) is 5.91 Å². The molecule has 1 heterocycles. The molecule has 1 amide bonds. The molecule has 100 valence electrons. The van der Waals surface area contributed by atoms with Crippen molar-refractivity contribution in [2.75, 3.05) is 5.32 Å². The number of carbonyl (C=O) groups is 1. The summed E-state index contributed by atoms with van der Waals surface area (Å²) in [5.74, 6) is 2.65. The first kappa shape index (κ1) is 13.6. The van der Waals surface area contributed by atoms with Crippen LogP contribution in [0.25, 0.3) is 0 Å². The number of nitrogens with one attached hydrogen (secondary N) is 1. The van der Waals surface area contributed by atoms with E-state index in [4.69, 9.17) is 11.2 Å². The molecule has 1 saturated heterocycles. The molecular weight excluding hydrogens is 238 g/mol. The van der Waals surface area contributed by atoms with Gasteiger partial charge in [-0.1, -0.05) is 18.9 Å². The van der Waals surface area contributed by atoms with Crippen LogP contribution in [-0.2, 0) is 9.53 Å². The van der Waals surface area contributed by atoms with Crippen LogP contribution >= 0.6 is 0 Å². The molecule has 0 spiro atoms. The van der Waals surface area contributed by atoms with E-state index in [0.29, 0.717) is 0 Å². The molecule has 3 heteroatoms. The Balaban J connectivity index is 2.11. The molecule has 1 fully saturated rings. The number of hydrogen-bond donors (Lipinski definition) is 1. The summed E-state index contributed by atoms with van der Waals surface area (Å²) in [5.41, 5.74) is 1.49. The van der Waals surface area contributed by atoms with E-state index >= 15 is 0 Å². The maximum absolute atomic E-state index is 12.3. The van der Waals surface area contributed by atoms with E-state index in [-0.39, 0.29) is 30.0 Å². The van der Waals surface area contributed by atoms with Crippen LogP contribution in [0.15, 0.2) is 24.3 Å². The molecule has 0 saturated carbocycles. The number of carbonyl (C=O) groups excluding carboxylic acids is 1. The molecular formula is C16H19NO2. The van der Waals surface area contributed by atoms with Gasteiger partial charge < -0.3 is 10.1 Å². The van der Waals surface area contributed by atoms with Crippen LogP contribution in [0, 0.1) is 24.2 Å². The Morgan fingerprint density at radius 1 is 1.32 bits per heavy atom. The van der Waals surface area contributed by atoms with Crippen molar-refractivity contribution in [1.82, 2.24) is 0 Å².